The fourth-order valence-corrected chi connectivity index (χ4v) is 1.36. The second-order valence-electron chi connectivity index (χ2n) is 3.98. The lowest BCUT2D eigenvalue weighted by Crippen LogP contribution is -2.11. The van der Waals surface area contributed by atoms with Crippen molar-refractivity contribution in [3.05, 3.63) is 46.5 Å². The maximum Gasteiger partial charge on any atom is 0.269 e. The van der Waals surface area contributed by atoms with Crippen molar-refractivity contribution in [2.75, 3.05) is 19.0 Å². The minimum absolute atomic E-state index is 0.0152. The molecule has 1 aromatic heterocycles. The molecule has 1 aromatic carbocycles. The zero-order valence-corrected chi connectivity index (χ0v) is 10.5. The monoisotopic (exact) mass is 260 g/mol. The Bertz CT molecular complexity index is 567. The standard InChI is InChI=1S/C12H12N4O3/c1-15(2)11-7-8-12(14-13-11)19-10-5-3-9(4-6-10)16(17)18/h3-8H,1-2H3. The van der Waals surface area contributed by atoms with Gasteiger partial charge in [-0.3, -0.25) is 10.1 Å². The molecule has 2 rings (SSSR count). The molecule has 0 saturated carbocycles. The van der Waals surface area contributed by atoms with Crippen LogP contribution in [0.3, 0.4) is 0 Å². The van der Waals surface area contributed by atoms with E-state index in [0.29, 0.717) is 11.6 Å². The van der Waals surface area contributed by atoms with E-state index in [9.17, 15) is 10.1 Å². The van der Waals surface area contributed by atoms with E-state index in [0.717, 1.165) is 5.82 Å². The fraction of sp³-hybridized carbons (Fsp3) is 0.167. The van der Waals surface area contributed by atoms with Crippen LogP contribution in [0.2, 0.25) is 0 Å². The van der Waals surface area contributed by atoms with E-state index >= 15 is 0 Å². The van der Waals surface area contributed by atoms with Crippen LogP contribution in [0.5, 0.6) is 11.6 Å². The molecule has 98 valence electrons. The second-order valence-corrected chi connectivity index (χ2v) is 3.98. The molecule has 0 N–H and O–H groups in total. The number of ether oxygens (including phenoxy) is 1. The highest BCUT2D eigenvalue weighted by atomic mass is 16.6. The lowest BCUT2D eigenvalue weighted by atomic mass is 10.3. The Morgan fingerprint density at radius 3 is 2.26 bits per heavy atom. The van der Waals surface area contributed by atoms with Gasteiger partial charge in [-0.15, -0.1) is 10.2 Å². The van der Waals surface area contributed by atoms with E-state index in [4.69, 9.17) is 4.74 Å². The minimum atomic E-state index is -0.463. The maximum absolute atomic E-state index is 10.5. The Morgan fingerprint density at radius 2 is 1.79 bits per heavy atom. The summed E-state index contributed by atoms with van der Waals surface area (Å²) in [5.74, 6) is 1.52. The van der Waals surface area contributed by atoms with E-state index in [-0.39, 0.29) is 5.69 Å². The molecule has 1 heterocycles. The first-order valence-electron chi connectivity index (χ1n) is 5.49. The summed E-state index contributed by atoms with van der Waals surface area (Å²) in [6.07, 6.45) is 0. The Morgan fingerprint density at radius 1 is 1.11 bits per heavy atom. The van der Waals surface area contributed by atoms with Gasteiger partial charge in [-0.2, -0.15) is 0 Å². The second kappa shape index (κ2) is 5.30. The van der Waals surface area contributed by atoms with E-state index in [1.54, 1.807) is 12.1 Å². The Hall–Kier alpha value is -2.70. The van der Waals surface area contributed by atoms with Crippen molar-refractivity contribution in [3.63, 3.8) is 0 Å². The number of rotatable bonds is 4. The van der Waals surface area contributed by atoms with Crippen LogP contribution < -0.4 is 9.64 Å². The average molecular weight is 260 g/mol. The van der Waals surface area contributed by atoms with Gasteiger partial charge in [-0.1, -0.05) is 0 Å². The summed E-state index contributed by atoms with van der Waals surface area (Å²) in [5.41, 5.74) is 0.0152. The van der Waals surface area contributed by atoms with E-state index < -0.39 is 4.92 Å². The number of hydrogen-bond donors (Lipinski definition) is 0. The van der Waals surface area contributed by atoms with Crippen molar-refractivity contribution in [2.45, 2.75) is 0 Å². The molecule has 0 unspecified atom stereocenters. The number of hydrogen-bond acceptors (Lipinski definition) is 6. The molecule has 0 bridgehead atoms. The normalized spacial score (nSPS) is 10.0. The van der Waals surface area contributed by atoms with Gasteiger partial charge in [0.1, 0.15) is 5.75 Å². The van der Waals surface area contributed by atoms with Gasteiger partial charge < -0.3 is 9.64 Å². The molecule has 0 aliphatic carbocycles. The molecule has 0 spiro atoms. The Balaban J connectivity index is 2.10. The third kappa shape index (κ3) is 3.15. The molecule has 7 nitrogen and oxygen atoms in total. The topological polar surface area (TPSA) is 81.4 Å². The lowest BCUT2D eigenvalue weighted by Gasteiger charge is -2.10. The van der Waals surface area contributed by atoms with Crippen LogP contribution >= 0.6 is 0 Å². The van der Waals surface area contributed by atoms with Gasteiger partial charge in [0.2, 0.25) is 5.88 Å². The van der Waals surface area contributed by atoms with Gasteiger partial charge in [0.25, 0.3) is 5.69 Å². The van der Waals surface area contributed by atoms with Crippen LogP contribution in [-0.4, -0.2) is 29.2 Å². The van der Waals surface area contributed by atoms with Gasteiger partial charge in [-0.05, 0) is 18.2 Å². The number of nitrogens with zero attached hydrogens (tertiary/aromatic N) is 4. The van der Waals surface area contributed by atoms with Crippen LogP contribution in [0.4, 0.5) is 11.5 Å². The highest BCUT2D eigenvalue weighted by Crippen LogP contribution is 2.22. The van der Waals surface area contributed by atoms with Crippen LogP contribution in [0.25, 0.3) is 0 Å². The number of non-ortho nitro benzene ring substituents is 1. The zero-order valence-electron chi connectivity index (χ0n) is 10.5. The molecule has 0 fully saturated rings. The Labute approximate surface area is 109 Å². The largest absolute Gasteiger partial charge is 0.438 e. The van der Waals surface area contributed by atoms with Gasteiger partial charge in [0.15, 0.2) is 5.82 Å². The third-order valence-corrected chi connectivity index (χ3v) is 2.35. The summed E-state index contributed by atoms with van der Waals surface area (Å²) in [4.78, 5) is 11.9. The highest BCUT2D eigenvalue weighted by Gasteiger charge is 2.06. The van der Waals surface area contributed by atoms with Crippen LogP contribution in [0.15, 0.2) is 36.4 Å². The van der Waals surface area contributed by atoms with Crippen LogP contribution in [-0.2, 0) is 0 Å². The first-order chi connectivity index (χ1) is 9.06. The van der Waals surface area contributed by atoms with Crippen molar-refractivity contribution < 1.29 is 9.66 Å². The molecule has 0 aliphatic heterocycles. The van der Waals surface area contributed by atoms with Crippen molar-refractivity contribution in [3.8, 4) is 11.6 Å². The van der Waals surface area contributed by atoms with Gasteiger partial charge >= 0.3 is 0 Å². The number of aromatic nitrogens is 2. The van der Waals surface area contributed by atoms with Crippen molar-refractivity contribution in [2.24, 2.45) is 0 Å². The molecule has 0 aliphatic rings. The summed E-state index contributed by atoms with van der Waals surface area (Å²) < 4.78 is 5.43. The molecule has 2 aromatic rings. The summed E-state index contributed by atoms with van der Waals surface area (Å²) in [7, 11) is 3.72. The fourth-order valence-electron chi connectivity index (χ4n) is 1.36. The summed E-state index contributed by atoms with van der Waals surface area (Å²) >= 11 is 0. The van der Waals surface area contributed by atoms with E-state index in [1.165, 1.54) is 24.3 Å². The lowest BCUT2D eigenvalue weighted by molar-refractivity contribution is -0.384. The summed E-state index contributed by atoms with van der Waals surface area (Å²) in [5, 5.41) is 18.4. The highest BCUT2D eigenvalue weighted by molar-refractivity contribution is 5.39. The number of benzene rings is 1. The molecule has 19 heavy (non-hydrogen) atoms. The predicted octanol–water partition coefficient (Wildman–Crippen LogP) is 2.24. The van der Waals surface area contributed by atoms with Crippen molar-refractivity contribution >= 4 is 11.5 Å². The van der Waals surface area contributed by atoms with E-state index in [2.05, 4.69) is 10.2 Å². The molecule has 0 radical (unpaired) electrons. The first kappa shape index (κ1) is 12.7. The minimum Gasteiger partial charge on any atom is -0.438 e. The van der Waals surface area contributed by atoms with Crippen LogP contribution in [0, 0.1) is 10.1 Å². The predicted molar refractivity (Wildman–Crippen MR) is 69.5 cm³/mol. The average Bonchev–Trinajstić information content (AvgIpc) is 2.40. The molecule has 0 amide bonds. The summed E-state index contributed by atoms with van der Waals surface area (Å²) in [6.45, 7) is 0. The maximum atomic E-state index is 10.5. The van der Waals surface area contributed by atoms with E-state index in [1.807, 2.05) is 19.0 Å². The number of nitro groups is 1. The smallest absolute Gasteiger partial charge is 0.269 e. The SMILES string of the molecule is CN(C)c1ccc(Oc2ccc([N+](=O)[O-])cc2)nn1. The van der Waals surface area contributed by atoms with Gasteiger partial charge in [0.05, 0.1) is 4.92 Å². The van der Waals surface area contributed by atoms with Gasteiger partial charge in [0, 0.05) is 32.3 Å². The molecule has 0 atom stereocenters. The van der Waals surface area contributed by atoms with Crippen LogP contribution in [0.1, 0.15) is 0 Å². The Kier molecular flexibility index (Phi) is 3.56. The number of nitro benzene ring substituents is 1. The summed E-state index contributed by atoms with van der Waals surface area (Å²) in [6, 6.07) is 9.23. The quantitative estimate of drug-likeness (QED) is 0.619. The van der Waals surface area contributed by atoms with Crippen molar-refractivity contribution in [1.29, 1.82) is 0 Å². The van der Waals surface area contributed by atoms with Gasteiger partial charge in [-0.25, -0.2) is 0 Å². The zero-order chi connectivity index (χ0) is 13.8. The number of anilines is 1. The molecular formula is C12H12N4O3. The molecule has 7 heteroatoms. The molecular weight excluding hydrogens is 248 g/mol. The molecule has 0 saturated heterocycles. The third-order valence-electron chi connectivity index (χ3n) is 2.35. The first-order valence-corrected chi connectivity index (χ1v) is 5.49. The van der Waals surface area contributed by atoms with Crippen molar-refractivity contribution in [1.82, 2.24) is 10.2 Å².